The summed E-state index contributed by atoms with van der Waals surface area (Å²) in [6, 6.07) is 8.68. The monoisotopic (exact) mass is 393 g/mol. The van der Waals surface area contributed by atoms with Crippen molar-refractivity contribution >= 4 is 23.6 Å². The van der Waals surface area contributed by atoms with Crippen LogP contribution in [-0.2, 0) is 14.3 Å². The molecule has 0 aliphatic heterocycles. The summed E-state index contributed by atoms with van der Waals surface area (Å²) in [6.07, 6.45) is 0. The van der Waals surface area contributed by atoms with E-state index in [0.29, 0.717) is 0 Å². The van der Waals surface area contributed by atoms with Crippen LogP contribution in [0.25, 0.3) is 0 Å². The van der Waals surface area contributed by atoms with Crippen molar-refractivity contribution in [3.8, 4) is 0 Å². The van der Waals surface area contributed by atoms with Gasteiger partial charge in [0.2, 0.25) is 0 Å². The number of carbonyl (C=O) groups excluding carboxylic acids is 2. The number of hydrogen-bond donors (Lipinski definition) is 1. The number of carbonyl (C=O) groups is 2. The zero-order valence-electron chi connectivity index (χ0n) is 15.3. The number of esters is 1. The molecule has 0 aliphatic rings. The summed E-state index contributed by atoms with van der Waals surface area (Å²) in [5.41, 5.74) is 3.25. The summed E-state index contributed by atoms with van der Waals surface area (Å²) in [6.45, 7) is 5.41. The Balaban J connectivity index is 1.78. The normalized spacial score (nSPS) is 11.7. The molecule has 2 aromatic carbocycles. The molecule has 0 aromatic heterocycles. The van der Waals surface area contributed by atoms with Crippen LogP contribution < -0.4 is 5.32 Å². The molecule has 0 fully saturated rings. The molecule has 0 saturated carbocycles. The number of ether oxygens (including phenoxy) is 1. The first-order valence-electron chi connectivity index (χ1n) is 8.36. The van der Waals surface area contributed by atoms with Crippen molar-refractivity contribution in [2.75, 3.05) is 12.4 Å². The zero-order chi connectivity index (χ0) is 20.0. The predicted octanol–water partition coefficient (Wildman–Crippen LogP) is 4.09. The third kappa shape index (κ3) is 6.36. The first kappa shape index (κ1) is 20.9. The number of rotatable bonds is 7. The third-order valence-electron chi connectivity index (χ3n) is 4.01. The van der Waals surface area contributed by atoms with Gasteiger partial charge in [-0.3, -0.25) is 9.59 Å². The van der Waals surface area contributed by atoms with Crippen LogP contribution >= 0.6 is 11.8 Å². The minimum absolute atomic E-state index is 0.0137. The lowest BCUT2D eigenvalue weighted by Gasteiger charge is -2.15. The average molecular weight is 393 g/mol. The number of hydrogen-bond acceptors (Lipinski definition) is 4. The highest BCUT2D eigenvalue weighted by atomic mass is 32.2. The molecule has 7 heteroatoms. The first-order chi connectivity index (χ1) is 12.8. The molecule has 0 heterocycles. The van der Waals surface area contributed by atoms with E-state index >= 15 is 0 Å². The Bertz CT molecular complexity index is 842. The quantitative estimate of drug-likeness (QED) is 0.569. The second kappa shape index (κ2) is 9.50. The molecule has 1 amide bonds. The fraction of sp³-hybridized carbons (Fsp3) is 0.300. The predicted molar refractivity (Wildman–Crippen MR) is 101 cm³/mol. The second-order valence-electron chi connectivity index (χ2n) is 6.16. The summed E-state index contributed by atoms with van der Waals surface area (Å²) >= 11 is 0.813. The van der Waals surface area contributed by atoms with E-state index in [4.69, 9.17) is 4.74 Å². The molecule has 0 bridgehead atoms. The van der Waals surface area contributed by atoms with E-state index in [-0.39, 0.29) is 16.7 Å². The largest absolute Gasteiger partial charge is 0.455 e. The first-order valence-corrected chi connectivity index (χ1v) is 9.35. The van der Waals surface area contributed by atoms with Crippen molar-refractivity contribution in [3.63, 3.8) is 0 Å². The van der Waals surface area contributed by atoms with Gasteiger partial charge < -0.3 is 10.1 Å². The Morgan fingerprint density at radius 3 is 2.56 bits per heavy atom. The molecule has 1 atom stereocenters. The molecule has 2 aromatic rings. The molecule has 0 radical (unpaired) electrons. The molecule has 1 N–H and O–H groups in total. The standard InChI is InChI=1S/C20H21F2NO3S/c1-12-4-5-15(8-13(12)2)14(3)23-19(24)10-26-20(25)11-27-18-9-16(21)6-7-17(18)22/h4-9,14H,10-11H2,1-3H3,(H,23,24)/t14-/m1/s1. The van der Waals surface area contributed by atoms with Crippen LogP contribution in [0.2, 0.25) is 0 Å². The van der Waals surface area contributed by atoms with E-state index < -0.39 is 30.1 Å². The van der Waals surface area contributed by atoms with Gasteiger partial charge in [0.15, 0.2) is 6.61 Å². The van der Waals surface area contributed by atoms with E-state index in [9.17, 15) is 18.4 Å². The summed E-state index contributed by atoms with van der Waals surface area (Å²) in [7, 11) is 0. The summed E-state index contributed by atoms with van der Waals surface area (Å²) < 4.78 is 31.5. The van der Waals surface area contributed by atoms with Gasteiger partial charge in [-0.2, -0.15) is 0 Å². The Morgan fingerprint density at radius 1 is 1.11 bits per heavy atom. The van der Waals surface area contributed by atoms with Gasteiger partial charge in [-0.1, -0.05) is 18.2 Å². The number of amides is 1. The summed E-state index contributed by atoms with van der Waals surface area (Å²) in [4.78, 5) is 23.7. The second-order valence-corrected chi connectivity index (χ2v) is 7.17. The van der Waals surface area contributed by atoms with Crippen LogP contribution in [0, 0.1) is 25.5 Å². The maximum atomic E-state index is 13.5. The Kier molecular flexibility index (Phi) is 7.36. The minimum Gasteiger partial charge on any atom is -0.455 e. The lowest BCUT2D eigenvalue weighted by molar-refractivity contribution is -0.146. The van der Waals surface area contributed by atoms with Crippen molar-refractivity contribution in [1.29, 1.82) is 0 Å². The van der Waals surface area contributed by atoms with Gasteiger partial charge in [0, 0.05) is 4.90 Å². The zero-order valence-corrected chi connectivity index (χ0v) is 16.2. The lowest BCUT2D eigenvalue weighted by atomic mass is 10.0. The Morgan fingerprint density at radius 2 is 1.85 bits per heavy atom. The highest BCUT2D eigenvalue weighted by Gasteiger charge is 2.14. The minimum atomic E-state index is -0.683. The molecule has 27 heavy (non-hydrogen) atoms. The van der Waals surface area contributed by atoms with Crippen molar-refractivity contribution < 1.29 is 23.1 Å². The van der Waals surface area contributed by atoms with Crippen molar-refractivity contribution in [1.82, 2.24) is 5.32 Å². The third-order valence-corrected chi connectivity index (χ3v) is 5.02. The lowest BCUT2D eigenvalue weighted by Crippen LogP contribution is -2.31. The van der Waals surface area contributed by atoms with E-state index in [2.05, 4.69) is 5.32 Å². The van der Waals surface area contributed by atoms with Gasteiger partial charge in [0.25, 0.3) is 5.91 Å². The van der Waals surface area contributed by atoms with E-state index in [1.807, 2.05) is 39.0 Å². The number of aryl methyl sites for hydroxylation is 2. The van der Waals surface area contributed by atoms with Crippen LogP contribution in [0.4, 0.5) is 8.78 Å². The van der Waals surface area contributed by atoms with Crippen molar-refractivity contribution in [2.24, 2.45) is 0 Å². The van der Waals surface area contributed by atoms with Gasteiger partial charge in [-0.15, -0.1) is 11.8 Å². The van der Waals surface area contributed by atoms with Gasteiger partial charge >= 0.3 is 5.97 Å². The molecule has 0 aliphatic carbocycles. The van der Waals surface area contributed by atoms with Crippen LogP contribution in [0.3, 0.4) is 0 Å². The molecule has 0 saturated heterocycles. The van der Waals surface area contributed by atoms with Gasteiger partial charge in [0.05, 0.1) is 11.8 Å². The highest BCUT2D eigenvalue weighted by Crippen LogP contribution is 2.22. The van der Waals surface area contributed by atoms with Gasteiger partial charge in [-0.25, -0.2) is 8.78 Å². The highest BCUT2D eigenvalue weighted by molar-refractivity contribution is 8.00. The number of halogens is 2. The van der Waals surface area contributed by atoms with Gasteiger partial charge in [-0.05, 0) is 55.7 Å². The molecule has 0 unspecified atom stereocenters. The Labute approximate surface area is 161 Å². The van der Waals surface area contributed by atoms with Crippen LogP contribution in [0.5, 0.6) is 0 Å². The molecule has 144 valence electrons. The van der Waals surface area contributed by atoms with Crippen molar-refractivity contribution in [2.45, 2.75) is 31.7 Å². The SMILES string of the molecule is Cc1ccc([C@@H](C)NC(=O)COC(=O)CSc2cc(F)ccc2F)cc1C. The number of thioether (sulfide) groups is 1. The average Bonchev–Trinajstić information content (AvgIpc) is 2.62. The molecular formula is C20H21F2NO3S. The summed E-state index contributed by atoms with van der Waals surface area (Å²) in [5, 5.41) is 2.76. The summed E-state index contributed by atoms with van der Waals surface area (Å²) in [5.74, 6) is -2.55. The van der Waals surface area contributed by atoms with Crippen LogP contribution in [0.1, 0.15) is 29.7 Å². The van der Waals surface area contributed by atoms with E-state index in [1.54, 1.807) is 0 Å². The fourth-order valence-electron chi connectivity index (χ4n) is 2.31. The molecule has 0 spiro atoms. The molecule has 2 rings (SSSR count). The molecular weight excluding hydrogens is 372 g/mol. The fourth-order valence-corrected chi connectivity index (χ4v) is 3.07. The van der Waals surface area contributed by atoms with E-state index in [1.165, 1.54) is 5.56 Å². The van der Waals surface area contributed by atoms with Crippen LogP contribution in [0.15, 0.2) is 41.3 Å². The topological polar surface area (TPSA) is 55.4 Å². The maximum Gasteiger partial charge on any atom is 0.316 e. The van der Waals surface area contributed by atoms with Crippen LogP contribution in [-0.4, -0.2) is 24.2 Å². The van der Waals surface area contributed by atoms with Crippen molar-refractivity contribution in [3.05, 3.63) is 64.7 Å². The van der Waals surface area contributed by atoms with Gasteiger partial charge in [0.1, 0.15) is 11.6 Å². The maximum absolute atomic E-state index is 13.5. The number of benzene rings is 2. The number of nitrogens with one attached hydrogen (secondary N) is 1. The Hall–Kier alpha value is -2.41. The molecule has 4 nitrogen and oxygen atoms in total. The smallest absolute Gasteiger partial charge is 0.316 e. The van der Waals surface area contributed by atoms with E-state index in [0.717, 1.165) is 41.1 Å².